The molecule has 3 amide bonds. The number of aromatic nitrogens is 1. The van der Waals surface area contributed by atoms with Crippen molar-refractivity contribution in [1.82, 2.24) is 9.88 Å². The van der Waals surface area contributed by atoms with E-state index in [0.717, 1.165) is 28.1 Å². The smallest absolute Gasteiger partial charge is 0.248 e. The molecule has 0 saturated carbocycles. The van der Waals surface area contributed by atoms with Crippen LogP contribution in [0, 0.1) is 0 Å². The molecule has 0 unspecified atom stereocenters. The van der Waals surface area contributed by atoms with E-state index in [1.165, 1.54) is 16.2 Å². The number of amides is 3. The summed E-state index contributed by atoms with van der Waals surface area (Å²) in [6.45, 7) is 1.22. The maximum Gasteiger partial charge on any atom is 0.248 e. The molecule has 2 heterocycles. The minimum atomic E-state index is -0.273. The normalized spacial score (nSPS) is 14.7. The molecule has 0 atom stereocenters. The van der Waals surface area contributed by atoms with Crippen molar-refractivity contribution < 1.29 is 19.3 Å². The van der Waals surface area contributed by atoms with Crippen molar-refractivity contribution in [1.29, 1.82) is 0 Å². The molecule has 138 valence electrons. The second-order valence-electron chi connectivity index (χ2n) is 6.69. The van der Waals surface area contributed by atoms with Gasteiger partial charge in [0, 0.05) is 25.8 Å². The lowest BCUT2D eigenvalue weighted by Crippen LogP contribution is -3.05. The number of anilines is 1. The molecule has 8 heteroatoms. The number of carbonyl (C=O) groups excluding carboxylic acids is 3. The molecule has 3 rings (SSSR count). The summed E-state index contributed by atoms with van der Waals surface area (Å²) in [6, 6.07) is 7.73. The lowest BCUT2D eigenvalue weighted by Gasteiger charge is -2.22. The van der Waals surface area contributed by atoms with E-state index in [1.54, 1.807) is 4.90 Å². The molecular formula is C18H23N4O3S+. The zero-order chi connectivity index (χ0) is 18.7. The Labute approximate surface area is 156 Å². The Morgan fingerprint density at radius 2 is 1.92 bits per heavy atom. The van der Waals surface area contributed by atoms with Crippen LogP contribution in [0.3, 0.4) is 0 Å². The second-order valence-corrected chi connectivity index (χ2v) is 7.70. The fraction of sp³-hybridized carbons (Fsp3) is 0.444. The third-order valence-electron chi connectivity index (χ3n) is 4.32. The highest BCUT2D eigenvalue weighted by Crippen LogP contribution is 2.29. The SMILES string of the molecule is C[NH+](C)CCCN(C(=O)CN1C(=O)CCC1=O)c1nc2ccccc2s1. The van der Waals surface area contributed by atoms with Crippen LogP contribution in [0.15, 0.2) is 24.3 Å². The average Bonchev–Trinajstić information content (AvgIpc) is 3.16. The van der Waals surface area contributed by atoms with Gasteiger partial charge in [0.15, 0.2) is 5.13 Å². The van der Waals surface area contributed by atoms with E-state index in [1.807, 2.05) is 24.3 Å². The van der Waals surface area contributed by atoms with E-state index >= 15 is 0 Å². The fourth-order valence-electron chi connectivity index (χ4n) is 2.91. The molecule has 0 radical (unpaired) electrons. The number of carbonyl (C=O) groups is 3. The van der Waals surface area contributed by atoms with E-state index in [-0.39, 0.29) is 37.1 Å². The van der Waals surface area contributed by atoms with Crippen LogP contribution in [0.4, 0.5) is 5.13 Å². The van der Waals surface area contributed by atoms with Crippen LogP contribution < -0.4 is 9.80 Å². The summed E-state index contributed by atoms with van der Waals surface area (Å²) in [5.41, 5.74) is 0.844. The Morgan fingerprint density at radius 3 is 2.58 bits per heavy atom. The minimum Gasteiger partial charge on any atom is -0.340 e. The number of nitrogens with zero attached hydrogens (tertiary/aromatic N) is 3. The number of quaternary nitrogens is 1. The number of hydrogen-bond donors (Lipinski definition) is 1. The number of rotatable bonds is 7. The van der Waals surface area contributed by atoms with Crippen LogP contribution in [0.2, 0.25) is 0 Å². The highest BCUT2D eigenvalue weighted by Gasteiger charge is 2.32. The predicted octanol–water partition coefficient (Wildman–Crippen LogP) is 0.313. The van der Waals surface area contributed by atoms with Crippen molar-refractivity contribution in [3.05, 3.63) is 24.3 Å². The molecule has 1 N–H and O–H groups in total. The monoisotopic (exact) mass is 375 g/mol. The average molecular weight is 375 g/mol. The quantitative estimate of drug-likeness (QED) is 0.707. The van der Waals surface area contributed by atoms with Gasteiger partial charge in [-0.05, 0) is 12.1 Å². The van der Waals surface area contributed by atoms with Crippen LogP contribution in [-0.2, 0) is 14.4 Å². The van der Waals surface area contributed by atoms with Crippen molar-refractivity contribution in [2.45, 2.75) is 19.3 Å². The van der Waals surface area contributed by atoms with Gasteiger partial charge in [0.1, 0.15) is 6.54 Å². The molecule has 1 saturated heterocycles. The summed E-state index contributed by atoms with van der Waals surface area (Å²) >= 11 is 1.45. The van der Waals surface area contributed by atoms with E-state index < -0.39 is 0 Å². The van der Waals surface area contributed by atoms with Crippen LogP contribution in [0.1, 0.15) is 19.3 Å². The number of imide groups is 1. The van der Waals surface area contributed by atoms with Crippen LogP contribution in [0.25, 0.3) is 10.2 Å². The van der Waals surface area contributed by atoms with Gasteiger partial charge in [-0.15, -0.1) is 0 Å². The number of likely N-dealkylation sites (tertiary alicyclic amines) is 1. The molecule has 1 aromatic heterocycles. The molecular weight excluding hydrogens is 352 g/mol. The van der Waals surface area contributed by atoms with Crippen molar-refractivity contribution in [2.24, 2.45) is 0 Å². The topological polar surface area (TPSA) is 75.0 Å². The Hall–Kier alpha value is -2.32. The standard InChI is InChI=1S/C18H22N4O3S/c1-20(2)10-5-11-21(17(25)12-22-15(23)8-9-16(22)24)18-19-13-6-3-4-7-14(13)26-18/h3-4,6-7H,5,8-12H2,1-2H3/p+1. The Morgan fingerprint density at radius 1 is 1.23 bits per heavy atom. The molecule has 1 aromatic carbocycles. The zero-order valence-electron chi connectivity index (χ0n) is 15.0. The Balaban J connectivity index is 1.81. The first-order valence-corrected chi connectivity index (χ1v) is 9.55. The maximum absolute atomic E-state index is 12.9. The van der Waals surface area contributed by atoms with Crippen LogP contribution in [-0.4, -0.2) is 61.3 Å². The molecule has 2 aromatic rings. The van der Waals surface area contributed by atoms with E-state index in [0.29, 0.717) is 11.7 Å². The summed E-state index contributed by atoms with van der Waals surface area (Å²) in [5, 5.41) is 0.615. The van der Waals surface area contributed by atoms with Crippen molar-refractivity contribution >= 4 is 44.4 Å². The van der Waals surface area contributed by atoms with Gasteiger partial charge in [-0.1, -0.05) is 23.5 Å². The van der Waals surface area contributed by atoms with Crippen LogP contribution >= 0.6 is 11.3 Å². The van der Waals surface area contributed by atoms with Crippen molar-refractivity contribution in [2.75, 3.05) is 38.6 Å². The number of para-hydroxylation sites is 1. The fourth-order valence-corrected chi connectivity index (χ4v) is 3.92. The van der Waals surface area contributed by atoms with E-state index in [9.17, 15) is 14.4 Å². The van der Waals surface area contributed by atoms with Crippen molar-refractivity contribution in [3.8, 4) is 0 Å². The van der Waals surface area contributed by atoms with Gasteiger partial charge in [0.2, 0.25) is 17.7 Å². The summed E-state index contributed by atoms with van der Waals surface area (Å²) in [5.74, 6) is -0.808. The van der Waals surface area contributed by atoms with Crippen LogP contribution in [0.5, 0.6) is 0 Å². The Bertz CT molecular complexity index is 784. The van der Waals surface area contributed by atoms with E-state index in [4.69, 9.17) is 0 Å². The summed E-state index contributed by atoms with van der Waals surface area (Å²) in [7, 11) is 4.12. The highest BCUT2D eigenvalue weighted by molar-refractivity contribution is 7.22. The molecule has 26 heavy (non-hydrogen) atoms. The zero-order valence-corrected chi connectivity index (χ0v) is 15.8. The number of nitrogens with one attached hydrogen (secondary N) is 1. The molecule has 0 spiro atoms. The summed E-state index contributed by atoms with van der Waals surface area (Å²) in [6.07, 6.45) is 1.19. The van der Waals surface area contributed by atoms with Gasteiger partial charge >= 0.3 is 0 Å². The summed E-state index contributed by atoms with van der Waals surface area (Å²) in [4.78, 5) is 45.1. The first-order valence-electron chi connectivity index (χ1n) is 8.74. The number of fused-ring (bicyclic) bond motifs is 1. The Kier molecular flexibility index (Phi) is 5.63. The highest BCUT2D eigenvalue weighted by atomic mass is 32.1. The molecule has 1 fully saturated rings. The second kappa shape index (κ2) is 7.92. The largest absolute Gasteiger partial charge is 0.340 e. The first-order chi connectivity index (χ1) is 12.5. The number of benzene rings is 1. The lowest BCUT2D eigenvalue weighted by atomic mass is 10.3. The third-order valence-corrected chi connectivity index (χ3v) is 5.38. The van der Waals surface area contributed by atoms with Gasteiger partial charge < -0.3 is 4.90 Å². The van der Waals surface area contributed by atoms with Gasteiger partial charge in [-0.2, -0.15) is 0 Å². The molecule has 1 aliphatic rings. The van der Waals surface area contributed by atoms with Gasteiger partial charge in [0.25, 0.3) is 0 Å². The lowest BCUT2D eigenvalue weighted by molar-refractivity contribution is -0.858. The van der Waals surface area contributed by atoms with Gasteiger partial charge in [-0.25, -0.2) is 4.98 Å². The first kappa shape index (κ1) is 18.5. The van der Waals surface area contributed by atoms with Gasteiger partial charge in [-0.3, -0.25) is 24.2 Å². The number of hydrogen-bond acceptors (Lipinski definition) is 5. The van der Waals surface area contributed by atoms with Crippen molar-refractivity contribution in [3.63, 3.8) is 0 Å². The molecule has 7 nitrogen and oxygen atoms in total. The maximum atomic E-state index is 12.9. The summed E-state index contributed by atoms with van der Waals surface area (Å²) < 4.78 is 1.01. The molecule has 0 aliphatic carbocycles. The third kappa shape index (κ3) is 4.08. The van der Waals surface area contributed by atoms with Gasteiger partial charge in [0.05, 0.1) is 30.9 Å². The minimum absolute atomic E-state index is 0.192. The number of thiazole rings is 1. The predicted molar refractivity (Wildman–Crippen MR) is 100 cm³/mol. The molecule has 0 bridgehead atoms. The van der Waals surface area contributed by atoms with E-state index in [2.05, 4.69) is 19.1 Å². The molecule has 1 aliphatic heterocycles.